The van der Waals surface area contributed by atoms with Gasteiger partial charge in [0.25, 0.3) is 0 Å². The fourth-order valence-electron chi connectivity index (χ4n) is 6.98. The first-order valence-corrected chi connectivity index (χ1v) is 9.86. The minimum atomic E-state index is -0.963. The van der Waals surface area contributed by atoms with E-state index in [1.807, 2.05) is 12.1 Å². The molecule has 2 N–H and O–H groups in total. The molecule has 3 aliphatic carbocycles. The summed E-state index contributed by atoms with van der Waals surface area (Å²) < 4.78 is 0. The van der Waals surface area contributed by atoms with Crippen LogP contribution < -0.4 is 0 Å². The molecule has 2 fully saturated rings. The summed E-state index contributed by atoms with van der Waals surface area (Å²) in [6, 6.07) is 5.95. The number of aromatic hydroxyl groups is 1. The number of fused-ring (bicyclic) bond motifs is 5. The Bertz CT molecular complexity index is 732. The van der Waals surface area contributed by atoms with Gasteiger partial charge in [-0.25, -0.2) is 0 Å². The van der Waals surface area contributed by atoms with Gasteiger partial charge < -0.3 is 10.2 Å². The molecule has 0 unspecified atom stereocenters. The highest BCUT2D eigenvalue weighted by Crippen LogP contribution is 2.67. The van der Waals surface area contributed by atoms with Crippen LogP contribution in [0.3, 0.4) is 0 Å². The van der Waals surface area contributed by atoms with Crippen molar-refractivity contribution in [2.24, 2.45) is 29.1 Å². The van der Waals surface area contributed by atoms with Crippen LogP contribution in [0, 0.1) is 41.4 Å². The summed E-state index contributed by atoms with van der Waals surface area (Å²) in [5, 5.41) is 21.2. The van der Waals surface area contributed by atoms with E-state index < -0.39 is 5.60 Å². The first kappa shape index (κ1) is 17.0. The molecule has 3 aliphatic rings. The van der Waals surface area contributed by atoms with Crippen molar-refractivity contribution in [3.8, 4) is 18.1 Å². The van der Waals surface area contributed by atoms with Crippen LogP contribution in [-0.4, -0.2) is 15.8 Å². The number of hydrogen-bond donors (Lipinski definition) is 2. The normalized spacial score (nSPS) is 45.2. The number of phenols is 1. The van der Waals surface area contributed by atoms with Crippen molar-refractivity contribution in [1.82, 2.24) is 0 Å². The molecule has 0 aliphatic heterocycles. The maximum atomic E-state index is 11.2. The Morgan fingerprint density at radius 1 is 1.36 bits per heavy atom. The highest BCUT2D eigenvalue weighted by atomic mass is 16.3. The average Bonchev–Trinajstić information content (AvgIpc) is 2.80. The van der Waals surface area contributed by atoms with Crippen LogP contribution >= 0.6 is 0 Å². The quantitative estimate of drug-likeness (QED) is 0.741. The number of terminal acetylenes is 1. The molecule has 0 radical (unpaired) electrons. The van der Waals surface area contributed by atoms with E-state index in [2.05, 4.69) is 32.8 Å². The van der Waals surface area contributed by atoms with Crippen molar-refractivity contribution in [2.45, 2.75) is 64.4 Å². The number of phenolic OH excluding ortho intramolecular Hbond substituents is 1. The van der Waals surface area contributed by atoms with E-state index >= 15 is 0 Å². The summed E-state index contributed by atoms with van der Waals surface area (Å²) in [4.78, 5) is 0. The molecule has 0 amide bonds. The average molecular weight is 338 g/mol. The summed E-state index contributed by atoms with van der Waals surface area (Å²) in [6.45, 7) is 6.82. The first-order valence-electron chi connectivity index (χ1n) is 9.86. The number of aliphatic hydroxyl groups is 1. The van der Waals surface area contributed by atoms with E-state index in [4.69, 9.17) is 6.42 Å². The van der Waals surface area contributed by atoms with Gasteiger partial charge in [0.05, 0.1) is 0 Å². The highest BCUT2D eigenvalue weighted by molar-refractivity contribution is 5.41. The molecule has 7 atom stereocenters. The Morgan fingerprint density at radius 3 is 2.80 bits per heavy atom. The highest BCUT2D eigenvalue weighted by Gasteiger charge is 2.64. The standard InChI is InChI=1S/C23H30O2/c1-5-15-11-16-12-17(24)7-8-18(16)19-9-10-22(4)21(20(15)19)14(3)13-23(22,25)6-2/h2,7-8,12,14-15,19-21,24-25H,5,9-11,13H2,1,3-4H3/t14-,15-,19-,20-,21+,22+,23+/m1/s1. The zero-order chi connectivity index (χ0) is 18.0. The number of hydrogen-bond acceptors (Lipinski definition) is 2. The molecule has 0 aromatic heterocycles. The second kappa shape index (κ2) is 5.52. The van der Waals surface area contributed by atoms with Crippen molar-refractivity contribution < 1.29 is 10.2 Å². The van der Waals surface area contributed by atoms with Gasteiger partial charge in [-0.05, 0) is 78.5 Å². The Morgan fingerprint density at radius 2 is 2.12 bits per heavy atom. The molecule has 0 spiro atoms. The third-order valence-electron chi connectivity index (χ3n) is 8.08. The van der Waals surface area contributed by atoms with Crippen LogP contribution in [0.4, 0.5) is 0 Å². The largest absolute Gasteiger partial charge is 0.508 e. The van der Waals surface area contributed by atoms with Gasteiger partial charge in [-0.1, -0.05) is 39.2 Å². The minimum Gasteiger partial charge on any atom is -0.508 e. The molecule has 134 valence electrons. The Kier molecular flexibility index (Phi) is 3.75. The molecule has 1 aromatic rings. The predicted molar refractivity (Wildman–Crippen MR) is 100 cm³/mol. The van der Waals surface area contributed by atoms with Crippen LogP contribution in [0.1, 0.15) is 63.5 Å². The lowest BCUT2D eigenvalue weighted by molar-refractivity contribution is -0.0789. The van der Waals surface area contributed by atoms with E-state index in [9.17, 15) is 10.2 Å². The molecule has 0 heterocycles. The van der Waals surface area contributed by atoms with Crippen LogP contribution in [0.5, 0.6) is 5.75 Å². The van der Waals surface area contributed by atoms with Crippen molar-refractivity contribution in [1.29, 1.82) is 0 Å². The van der Waals surface area contributed by atoms with Crippen LogP contribution in [0.25, 0.3) is 0 Å². The number of benzene rings is 1. The van der Waals surface area contributed by atoms with Crippen LogP contribution in [0.15, 0.2) is 18.2 Å². The van der Waals surface area contributed by atoms with Gasteiger partial charge in [0, 0.05) is 5.41 Å². The second-order valence-corrected chi connectivity index (χ2v) is 9.11. The van der Waals surface area contributed by atoms with Crippen LogP contribution in [-0.2, 0) is 6.42 Å². The number of rotatable bonds is 1. The van der Waals surface area contributed by atoms with Gasteiger partial charge in [-0.2, -0.15) is 0 Å². The van der Waals surface area contributed by atoms with Gasteiger partial charge in [0.15, 0.2) is 0 Å². The maximum absolute atomic E-state index is 11.2. The Labute approximate surface area is 151 Å². The van der Waals surface area contributed by atoms with Gasteiger partial charge in [-0.15, -0.1) is 6.42 Å². The van der Waals surface area contributed by atoms with Crippen molar-refractivity contribution in [3.63, 3.8) is 0 Å². The van der Waals surface area contributed by atoms with Crippen LogP contribution in [0.2, 0.25) is 0 Å². The fraction of sp³-hybridized carbons (Fsp3) is 0.652. The summed E-state index contributed by atoms with van der Waals surface area (Å²) >= 11 is 0. The molecule has 0 bridgehead atoms. The minimum absolute atomic E-state index is 0.176. The molecule has 2 nitrogen and oxygen atoms in total. The SMILES string of the molecule is C#C[C@]1(O)C[C@@H](C)[C@H]2[C@@H]3[C@H](CC)Cc4cc(O)ccc4[C@H]3CC[C@@]21C. The van der Waals surface area contributed by atoms with Gasteiger partial charge in [0.2, 0.25) is 0 Å². The molecule has 25 heavy (non-hydrogen) atoms. The molecule has 2 heteroatoms. The monoisotopic (exact) mass is 338 g/mol. The lowest BCUT2D eigenvalue weighted by Crippen LogP contribution is -2.52. The molecule has 2 saturated carbocycles. The van der Waals surface area contributed by atoms with Crippen molar-refractivity contribution >= 4 is 0 Å². The molecular weight excluding hydrogens is 308 g/mol. The zero-order valence-electron chi connectivity index (χ0n) is 15.6. The van der Waals surface area contributed by atoms with E-state index in [-0.39, 0.29) is 5.41 Å². The summed E-state index contributed by atoms with van der Waals surface area (Å²) in [5.41, 5.74) is 1.62. The van der Waals surface area contributed by atoms with Crippen molar-refractivity contribution in [3.05, 3.63) is 29.3 Å². The molecule has 4 rings (SSSR count). The summed E-state index contributed by atoms with van der Waals surface area (Å²) in [5.74, 6) is 5.81. The zero-order valence-corrected chi connectivity index (χ0v) is 15.6. The first-order chi connectivity index (χ1) is 11.8. The maximum Gasteiger partial charge on any atom is 0.131 e. The predicted octanol–water partition coefficient (Wildman–Crippen LogP) is 4.49. The lowest BCUT2D eigenvalue weighted by Gasteiger charge is -2.55. The van der Waals surface area contributed by atoms with Gasteiger partial charge in [-0.3, -0.25) is 0 Å². The third-order valence-corrected chi connectivity index (χ3v) is 8.08. The van der Waals surface area contributed by atoms with Crippen molar-refractivity contribution in [2.75, 3.05) is 0 Å². The van der Waals surface area contributed by atoms with E-state index in [0.717, 1.165) is 32.1 Å². The molecule has 0 saturated heterocycles. The summed E-state index contributed by atoms with van der Waals surface area (Å²) in [6.07, 6.45) is 10.8. The van der Waals surface area contributed by atoms with E-state index in [1.54, 1.807) is 0 Å². The summed E-state index contributed by atoms with van der Waals surface area (Å²) in [7, 11) is 0. The third kappa shape index (κ3) is 2.15. The Balaban J connectivity index is 1.82. The van der Waals surface area contributed by atoms with Gasteiger partial charge >= 0.3 is 0 Å². The van der Waals surface area contributed by atoms with Gasteiger partial charge in [0.1, 0.15) is 11.4 Å². The molecule has 1 aromatic carbocycles. The van der Waals surface area contributed by atoms with E-state index in [1.165, 1.54) is 11.1 Å². The molecular formula is C23H30O2. The fourth-order valence-corrected chi connectivity index (χ4v) is 6.98. The smallest absolute Gasteiger partial charge is 0.131 e. The van der Waals surface area contributed by atoms with E-state index in [0.29, 0.717) is 35.3 Å². The topological polar surface area (TPSA) is 40.5 Å². The Hall–Kier alpha value is -1.46. The lowest BCUT2D eigenvalue weighted by atomic mass is 9.49. The second-order valence-electron chi connectivity index (χ2n) is 9.11.